The van der Waals surface area contributed by atoms with Gasteiger partial charge >= 0.3 is 5.97 Å². The maximum atomic E-state index is 13.2. The van der Waals surface area contributed by atoms with Crippen molar-refractivity contribution in [2.45, 2.75) is 46.7 Å². The van der Waals surface area contributed by atoms with Gasteiger partial charge in [0.05, 0.1) is 35.6 Å². The fourth-order valence-electron chi connectivity index (χ4n) is 6.26. The Morgan fingerprint density at radius 1 is 1.20 bits per heavy atom. The van der Waals surface area contributed by atoms with Crippen molar-refractivity contribution in [1.29, 1.82) is 0 Å². The first kappa shape index (κ1) is 28.5. The summed E-state index contributed by atoms with van der Waals surface area (Å²) in [6, 6.07) is 14.7. The molecule has 1 aliphatic rings. The van der Waals surface area contributed by atoms with Crippen LogP contribution in [-0.2, 0) is 29.7 Å². The van der Waals surface area contributed by atoms with Gasteiger partial charge in [-0.15, -0.1) is 0 Å². The van der Waals surface area contributed by atoms with E-state index in [0.29, 0.717) is 12.3 Å². The summed E-state index contributed by atoms with van der Waals surface area (Å²) in [6.45, 7) is 11.0. The van der Waals surface area contributed by atoms with E-state index in [1.165, 1.54) is 18.2 Å². The van der Waals surface area contributed by atoms with Crippen molar-refractivity contribution < 1.29 is 14.3 Å². The molecule has 0 saturated carbocycles. The molecule has 1 unspecified atom stereocenters. The molecule has 1 atom stereocenters. The minimum absolute atomic E-state index is 0.259. The van der Waals surface area contributed by atoms with Crippen molar-refractivity contribution in [2.75, 3.05) is 38.4 Å². The van der Waals surface area contributed by atoms with Gasteiger partial charge in [-0.3, -0.25) is 14.4 Å². The highest BCUT2D eigenvalue weighted by atomic mass is 16.5. The SMILES string of the molecule is CNc1ccc(C(c2ccc(C)c(CN3CCOc4ccc5cnn(C)c5c4C3)c2)C(C)(C)C(=O)OC)c(C)c1N. The molecule has 1 aliphatic heterocycles. The standard InChI is InChI=1S/C33H41N5O3/c1-20-8-9-22(29(33(3,4)32(39)40-7)25-11-12-27(35-5)30(34)21(25)2)16-24(20)18-38-14-15-41-28-13-10-23-17-36-37(6)31(23)26(28)19-38/h8-13,16-17,29,35H,14-15,18-19,34H2,1-7H3. The maximum Gasteiger partial charge on any atom is 0.312 e. The Balaban J connectivity index is 1.55. The van der Waals surface area contributed by atoms with Crippen molar-refractivity contribution in [2.24, 2.45) is 12.5 Å². The lowest BCUT2D eigenvalue weighted by Crippen LogP contribution is -2.34. The second-order valence-corrected chi connectivity index (χ2v) is 11.6. The number of nitrogens with zero attached hydrogens (tertiary/aromatic N) is 3. The predicted molar refractivity (Wildman–Crippen MR) is 164 cm³/mol. The number of aromatic nitrogens is 2. The lowest BCUT2D eigenvalue weighted by Gasteiger charge is -2.34. The van der Waals surface area contributed by atoms with Crippen LogP contribution in [0.5, 0.6) is 5.75 Å². The number of nitrogen functional groups attached to an aromatic ring is 1. The summed E-state index contributed by atoms with van der Waals surface area (Å²) in [5, 5.41) is 8.75. The van der Waals surface area contributed by atoms with Crippen LogP contribution < -0.4 is 15.8 Å². The molecule has 0 bridgehead atoms. The quantitative estimate of drug-likeness (QED) is 0.228. The average molecular weight is 556 g/mol. The normalized spacial score (nSPS) is 14.7. The molecule has 8 heteroatoms. The molecule has 0 radical (unpaired) electrons. The number of anilines is 2. The molecule has 4 aromatic rings. The van der Waals surface area contributed by atoms with Crippen LogP contribution >= 0.6 is 0 Å². The van der Waals surface area contributed by atoms with Crippen molar-refractivity contribution >= 4 is 28.2 Å². The van der Waals surface area contributed by atoms with E-state index in [4.69, 9.17) is 15.2 Å². The van der Waals surface area contributed by atoms with Crippen LogP contribution in [-0.4, -0.2) is 48.0 Å². The summed E-state index contributed by atoms with van der Waals surface area (Å²) in [4.78, 5) is 15.6. The van der Waals surface area contributed by atoms with E-state index < -0.39 is 5.41 Å². The molecule has 41 heavy (non-hydrogen) atoms. The summed E-state index contributed by atoms with van der Waals surface area (Å²) in [6.07, 6.45) is 1.90. The number of ether oxygens (including phenoxy) is 2. The molecule has 1 aromatic heterocycles. The Morgan fingerprint density at radius 2 is 1.98 bits per heavy atom. The van der Waals surface area contributed by atoms with Gasteiger partial charge in [-0.05, 0) is 73.7 Å². The molecule has 0 amide bonds. The van der Waals surface area contributed by atoms with Gasteiger partial charge in [0.1, 0.15) is 12.4 Å². The smallest absolute Gasteiger partial charge is 0.312 e. The van der Waals surface area contributed by atoms with E-state index in [0.717, 1.165) is 64.2 Å². The van der Waals surface area contributed by atoms with Gasteiger partial charge in [0.2, 0.25) is 0 Å². The number of nitrogens with two attached hydrogens (primary N) is 1. The molecular weight excluding hydrogens is 514 g/mol. The van der Waals surface area contributed by atoms with Crippen molar-refractivity contribution in [3.05, 3.63) is 82.0 Å². The molecule has 5 rings (SSSR count). The summed E-state index contributed by atoms with van der Waals surface area (Å²) in [7, 11) is 5.29. The lowest BCUT2D eigenvalue weighted by atomic mass is 9.69. The monoisotopic (exact) mass is 555 g/mol. The second kappa shape index (κ2) is 11.1. The Morgan fingerprint density at radius 3 is 2.71 bits per heavy atom. The van der Waals surface area contributed by atoms with Crippen LogP contribution in [0.4, 0.5) is 11.4 Å². The fourth-order valence-corrected chi connectivity index (χ4v) is 6.26. The third-order valence-electron chi connectivity index (χ3n) is 8.68. The first-order chi connectivity index (χ1) is 19.6. The summed E-state index contributed by atoms with van der Waals surface area (Å²) >= 11 is 0. The number of carbonyl (C=O) groups is 1. The van der Waals surface area contributed by atoms with Crippen LogP contribution in [0.25, 0.3) is 10.9 Å². The maximum absolute atomic E-state index is 13.2. The molecule has 0 spiro atoms. The van der Waals surface area contributed by atoms with Crippen LogP contribution in [0, 0.1) is 19.3 Å². The number of rotatable bonds is 7. The predicted octanol–water partition coefficient (Wildman–Crippen LogP) is 5.54. The minimum atomic E-state index is -0.833. The third kappa shape index (κ3) is 5.12. The summed E-state index contributed by atoms with van der Waals surface area (Å²) in [5.41, 5.74) is 15.0. The number of methoxy groups -OCH3 is 1. The fraction of sp³-hybridized carbons (Fsp3) is 0.394. The highest BCUT2D eigenvalue weighted by Crippen LogP contribution is 2.45. The zero-order chi connectivity index (χ0) is 29.5. The zero-order valence-electron chi connectivity index (χ0n) is 25.2. The molecule has 0 fully saturated rings. The molecule has 2 heterocycles. The van der Waals surface area contributed by atoms with Gasteiger partial charge < -0.3 is 20.5 Å². The summed E-state index contributed by atoms with van der Waals surface area (Å²) < 4.78 is 13.4. The van der Waals surface area contributed by atoms with E-state index in [9.17, 15) is 4.79 Å². The number of hydrogen-bond donors (Lipinski definition) is 2. The minimum Gasteiger partial charge on any atom is -0.492 e. The molecule has 3 aromatic carbocycles. The Labute approximate surface area is 242 Å². The Kier molecular flexibility index (Phi) is 7.70. The number of esters is 1. The largest absolute Gasteiger partial charge is 0.492 e. The number of carbonyl (C=O) groups excluding carboxylic acids is 1. The average Bonchev–Trinajstić information content (AvgIpc) is 3.21. The van der Waals surface area contributed by atoms with Crippen LogP contribution in [0.1, 0.15) is 53.1 Å². The highest BCUT2D eigenvalue weighted by Gasteiger charge is 2.41. The van der Waals surface area contributed by atoms with Gasteiger partial charge in [0.15, 0.2) is 0 Å². The Bertz CT molecular complexity index is 1610. The van der Waals surface area contributed by atoms with E-state index in [2.05, 4.69) is 58.6 Å². The van der Waals surface area contributed by atoms with Gasteiger partial charge in [0, 0.05) is 50.6 Å². The van der Waals surface area contributed by atoms with Crippen molar-refractivity contribution in [3.63, 3.8) is 0 Å². The number of benzene rings is 3. The molecule has 8 nitrogen and oxygen atoms in total. The number of nitrogens with one attached hydrogen (secondary N) is 1. The van der Waals surface area contributed by atoms with E-state index in [1.807, 2.05) is 51.8 Å². The van der Waals surface area contributed by atoms with Crippen molar-refractivity contribution in [1.82, 2.24) is 14.7 Å². The van der Waals surface area contributed by atoms with Crippen LogP contribution in [0.2, 0.25) is 0 Å². The van der Waals surface area contributed by atoms with E-state index in [1.54, 1.807) is 0 Å². The van der Waals surface area contributed by atoms with Crippen LogP contribution in [0.15, 0.2) is 48.7 Å². The van der Waals surface area contributed by atoms with Crippen LogP contribution in [0.3, 0.4) is 0 Å². The number of fused-ring (bicyclic) bond motifs is 3. The van der Waals surface area contributed by atoms with E-state index >= 15 is 0 Å². The molecule has 0 aliphatic carbocycles. The summed E-state index contributed by atoms with van der Waals surface area (Å²) in [5.74, 6) is 0.401. The first-order valence-electron chi connectivity index (χ1n) is 14.1. The van der Waals surface area contributed by atoms with Gasteiger partial charge in [-0.25, -0.2) is 0 Å². The lowest BCUT2D eigenvalue weighted by molar-refractivity contribution is -0.151. The van der Waals surface area contributed by atoms with Gasteiger partial charge in [0.25, 0.3) is 0 Å². The van der Waals surface area contributed by atoms with E-state index in [-0.39, 0.29) is 11.9 Å². The number of hydrogen-bond acceptors (Lipinski definition) is 7. The topological polar surface area (TPSA) is 94.6 Å². The highest BCUT2D eigenvalue weighted by molar-refractivity contribution is 5.84. The zero-order valence-corrected chi connectivity index (χ0v) is 25.2. The molecular formula is C33H41N5O3. The molecule has 3 N–H and O–H groups in total. The molecule has 0 saturated heterocycles. The van der Waals surface area contributed by atoms with Gasteiger partial charge in [-0.2, -0.15) is 5.10 Å². The number of aryl methyl sites for hydroxylation is 2. The second-order valence-electron chi connectivity index (χ2n) is 11.6. The van der Waals surface area contributed by atoms with Gasteiger partial charge in [-0.1, -0.05) is 24.3 Å². The third-order valence-corrected chi connectivity index (χ3v) is 8.68. The van der Waals surface area contributed by atoms with Crippen molar-refractivity contribution in [3.8, 4) is 5.75 Å². The Hall–Kier alpha value is -4.04. The first-order valence-corrected chi connectivity index (χ1v) is 14.1. The molecule has 216 valence electrons.